The third-order valence-electron chi connectivity index (χ3n) is 8.93. The molecule has 7 rings (SSSR count). The van der Waals surface area contributed by atoms with Gasteiger partial charge >= 0.3 is 0 Å². The van der Waals surface area contributed by atoms with Gasteiger partial charge in [-0.15, -0.1) is 0 Å². The van der Waals surface area contributed by atoms with Gasteiger partial charge in [0.1, 0.15) is 11.5 Å². The first-order chi connectivity index (χ1) is 22.1. The van der Waals surface area contributed by atoms with Crippen molar-refractivity contribution in [3.8, 4) is 11.5 Å². The van der Waals surface area contributed by atoms with Crippen LogP contribution < -0.4 is 9.64 Å². The van der Waals surface area contributed by atoms with Gasteiger partial charge in [-0.3, -0.25) is 0 Å². The van der Waals surface area contributed by atoms with Crippen LogP contribution in [0.3, 0.4) is 0 Å². The zero-order valence-electron chi connectivity index (χ0n) is 26.1. The number of hydrogen-bond acceptors (Lipinski definition) is 3. The number of nitrogens with zero attached hydrogens (tertiary/aromatic N) is 1. The Bertz CT molecular complexity index is 1920. The van der Waals surface area contributed by atoms with Crippen molar-refractivity contribution in [2.75, 3.05) is 4.90 Å². The number of anilines is 1. The first-order valence-electron chi connectivity index (χ1n) is 16.1. The van der Waals surface area contributed by atoms with E-state index in [2.05, 4.69) is 158 Å². The number of rotatable bonds is 9. The molecule has 45 heavy (non-hydrogen) atoms. The summed E-state index contributed by atoms with van der Waals surface area (Å²) in [4.78, 5) is 5.02. The van der Waals surface area contributed by atoms with Crippen LogP contribution in [0.25, 0.3) is 16.3 Å². The van der Waals surface area contributed by atoms with Crippen molar-refractivity contribution in [2.45, 2.75) is 61.3 Å². The Labute approximate surface area is 271 Å². The Kier molecular flexibility index (Phi) is 8.37. The van der Waals surface area contributed by atoms with E-state index in [9.17, 15) is 0 Å². The van der Waals surface area contributed by atoms with Crippen molar-refractivity contribution in [3.05, 3.63) is 156 Å². The zero-order chi connectivity index (χ0) is 30.6. The third-order valence-corrected chi connectivity index (χ3v) is 10.0. The Morgan fingerprint density at radius 1 is 0.844 bits per heavy atom. The van der Waals surface area contributed by atoms with Crippen LogP contribution in [-0.2, 0) is 6.42 Å². The average molecular weight is 606 g/mol. The normalized spacial score (nSPS) is 17.3. The average Bonchev–Trinajstić information content (AvgIpc) is 3.08. The standard InChI is InChI=1S/C42H39NOS/c1-3-14-35(21-11-19-34-20-13-26-40-41(34)44-38-24-9-10-25-39(38)45-40)43(37-23-12-18-33-17-7-8-22-36(33)37)42(2)29-27-32(28-30-42)31-15-5-4-6-16-31/h4-10,12-18,20,22-29H,3,11,19,21,30H2,1-2H3/b35-14+. The van der Waals surface area contributed by atoms with Crippen LogP contribution in [0.1, 0.15) is 50.7 Å². The summed E-state index contributed by atoms with van der Waals surface area (Å²) in [6, 6.07) is 41.2. The number of allylic oxidation sites excluding steroid dienone is 4. The van der Waals surface area contributed by atoms with Crippen molar-refractivity contribution in [1.29, 1.82) is 0 Å². The number of benzene rings is 5. The molecular weight excluding hydrogens is 567 g/mol. The van der Waals surface area contributed by atoms with E-state index in [1.807, 2.05) is 0 Å². The molecule has 0 saturated heterocycles. The third kappa shape index (κ3) is 5.98. The molecule has 3 heteroatoms. The topological polar surface area (TPSA) is 12.5 Å². The number of aryl methyl sites for hydroxylation is 1. The first kappa shape index (κ1) is 29.3. The highest BCUT2D eigenvalue weighted by Crippen LogP contribution is 2.48. The molecule has 1 aliphatic carbocycles. The zero-order valence-corrected chi connectivity index (χ0v) is 26.9. The lowest BCUT2D eigenvalue weighted by molar-refractivity contribution is 0.447. The van der Waals surface area contributed by atoms with E-state index in [0.29, 0.717) is 0 Å². The smallest absolute Gasteiger partial charge is 0.144 e. The van der Waals surface area contributed by atoms with Crippen molar-refractivity contribution in [1.82, 2.24) is 0 Å². The number of hydrogen-bond donors (Lipinski definition) is 0. The van der Waals surface area contributed by atoms with Gasteiger partial charge in [0.15, 0.2) is 0 Å². The fourth-order valence-corrected chi connectivity index (χ4v) is 7.70. The summed E-state index contributed by atoms with van der Waals surface area (Å²) in [5.41, 5.74) is 6.28. The molecule has 0 fully saturated rings. The summed E-state index contributed by atoms with van der Waals surface area (Å²) < 4.78 is 6.47. The molecule has 2 aliphatic rings. The van der Waals surface area contributed by atoms with Crippen LogP contribution in [0.5, 0.6) is 11.5 Å². The molecule has 0 aromatic heterocycles. The van der Waals surface area contributed by atoms with E-state index in [1.54, 1.807) is 11.8 Å². The van der Waals surface area contributed by atoms with Crippen LogP contribution in [0.4, 0.5) is 5.69 Å². The maximum Gasteiger partial charge on any atom is 0.144 e. The van der Waals surface area contributed by atoms with Gasteiger partial charge in [0, 0.05) is 16.8 Å². The Morgan fingerprint density at radius 2 is 1.60 bits per heavy atom. The quantitative estimate of drug-likeness (QED) is 0.163. The van der Waals surface area contributed by atoms with E-state index >= 15 is 0 Å². The number of para-hydroxylation sites is 2. The second-order valence-corrected chi connectivity index (χ2v) is 13.2. The second kappa shape index (κ2) is 12.9. The number of fused-ring (bicyclic) bond motifs is 3. The van der Waals surface area contributed by atoms with Crippen LogP contribution in [-0.4, -0.2) is 5.54 Å². The van der Waals surface area contributed by atoms with E-state index in [-0.39, 0.29) is 5.54 Å². The largest absolute Gasteiger partial charge is 0.455 e. The lowest BCUT2D eigenvalue weighted by Gasteiger charge is -2.44. The molecule has 0 N–H and O–H groups in total. The minimum Gasteiger partial charge on any atom is -0.455 e. The molecule has 1 aliphatic heterocycles. The van der Waals surface area contributed by atoms with Crippen molar-refractivity contribution in [2.24, 2.45) is 0 Å². The first-order valence-corrected chi connectivity index (χ1v) is 16.9. The number of ether oxygens (including phenoxy) is 1. The van der Waals surface area contributed by atoms with E-state index in [0.717, 1.165) is 43.6 Å². The highest BCUT2D eigenvalue weighted by molar-refractivity contribution is 7.99. The van der Waals surface area contributed by atoms with Crippen molar-refractivity contribution in [3.63, 3.8) is 0 Å². The van der Waals surface area contributed by atoms with Gasteiger partial charge in [-0.1, -0.05) is 134 Å². The molecule has 0 spiro atoms. The summed E-state index contributed by atoms with van der Waals surface area (Å²) in [5, 5.41) is 2.56. The van der Waals surface area contributed by atoms with Gasteiger partial charge in [0.05, 0.1) is 15.3 Å². The monoisotopic (exact) mass is 605 g/mol. The highest BCUT2D eigenvalue weighted by atomic mass is 32.2. The maximum atomic E-state index is 6.47. The molecule has 5 aromatic rings. The fraction of sp³-hybridized carbons (Fsp3) is 0.190. The minimum absolute atomic E-state index is 0.210. The summed E-state index contributed by atoms with van der Waals surface area (Å²) in [6.07, 6.45) is 14.5. The van der Waals surface area contributed by atoms with E-state index in [4.69, 9.17) is 4.74 Å². The van der Waals surface area contributed by atoms with Gasteiger partial charge in [-0.2, -0.15) is 0 Å². The SMILES string of the molecule is CC/C=C(\CCCc1cccc2c1Oc1ccccc1S2)N(c1cccc2ccccc12)C1(C)C=CC(c2ccccc2)=CC1. The molecule has 5 aromatic carbocycles. The Balaban J connectivity index is 1.20. The summed E-state index contributed by atoms with van der Waals surface area (Å²) in [7, 11) is 0. The van der Waals surface area contributed by atoms with Crippen molar-refractivity contribution >= 4 is 33.8 Å². The maximum absolute atomic E-state index is 6.47. The second-order valence-electron chi connectivity index (χ2n) is 12.1. The molecule has 1 heterocycles. The molecule has 0 radical (unpaired) electrons. The minimum atomic E-state index is -0.210. The molecule has 0 amide bonds. The lowest BCUT2D eigenvalue weighted by atomic mass is 9.85. The summed E-state index contributed by atoms with van der Waals surface area (Å²) in [6.45, 7) is 4.65. The van der Waals surface area contributed by atoms with E-state index < -0.39 is 0 Å². The lowest BCUT2D eigenvalue weighted by Crippen LogP contribution is -2.45. The van der Waals surface area contributed by atoms with Crippen molar-refractivity contribution < 1.29 is 4.74 Å². The predicted molar refractivity (Wildman–Crippen MR) is 191 cm³/mol. The summed E-state index contributed by atoms with van der Waals surface area (Å²) in [5.74, 6) is 1.98. The van der Waals surface area contributed by atoms with Gasteiger partial charge in [-0.05, 0) is 85.4 Å². The van der Waals surface area contributed by atoms with Crippen LogP contribution in [0.2, 0.25) is 0 Å². The van der Waals surface area contributed by atoms with Crippen LogP contribution >= 0.6 is 11.8 Å². The van der Waals surface area contributed by atoms with Gasteiger partial charge in [0.2, 0.25) is 0 Å². The highest BCUT2D eigenvalue weighted by Gasteiger charge is 2.34. The van der Waals surface area contributed by atoms with Gasteiger partial charge in [0.25, 0.3) is 0 Å². The van der Waals surface area contributed by atoms with Crippen LogP contribution in [0, 0.1) is 0 Å². The molecular formula is C42H39NOS. The summed E-state index contributed by atoms with van der Waals surface area (Å²) >= 11 is 1.81. The molecule has 0 bridgehead atoms. The molecule has 2 nitrogen and oxygen atoms in total. The molecule has 1 unspecified atom stereocenters. The van der Waals surface area contributed by atoms with E-state index in [1.165, 1.54) is 48.6 Å². The fourth-order valence-electron chi connectivity index (χ4n) is 6.70. The van der Waals surface area contributed by atoms with Gasteiger partial charge < -0.3 is 9.64 Å². The predicted octanol–water partition coefficient (Wildman–Crippen LogP) is 12.0. The molecule has 0 saturated carbocycles. The van der Waals surface area contributed by atoms with Crippen LogP contribution in [0.15, 0.2) is 155 Å². The molecule has 1 atom stereocenters. The Morgan fingerprint density at radius 3 is 2.44 bits per heavy atom. The van der Waals surface area contributed by atoms with Gasteiger partial charge in [-0.25, -0.2) is 0 Å². The molecule has 224 valence electrons. The Hall–Kier alpha value is -4.47.